The number of rotatable bonds is 5. The highest BCUT2D eigenvalue weighted by Gasteiger charge is 1.99. The zero-order valence-electron chi connectivity index (χ0n) is 8.64. The molecule has 0 saturated carbocycles. The first-order valence-electron chi connectivity index (χ1n) is 4.81. The summed E-state index contributed by atoms with van der Waals surface area (Å²) in [6.45, 7) is 1.92. The number of benzene rings is 1. The summed E-state index contributed by atoms with van der Waals surface area (Å²) in [5.41, 5.74) is 2.36. The van der Waals surface area contributed by atoms with E-state index < -0.39 is 0 Å². The number of carbonyl (C=O) groups is 1. The van der Waals surface area contributed by atoms with Crippen LogP contribution < -0.4 is 10.2 Å². The fraction of sp³-hybridized carbons (Fsp3) is 0.273. The van der Waals surface area contributed by atoms with Gasteiger partial charge in [0.05, 0.1) is 0 Å². The largest absolute Gasteiger partial charge is 0.484 e. The normalized spacial score (nSPS) is 10.2. The molecule has 0 unspecified atom stereocenters. The standard InChI is InChI=1S/C11H14N2O2/c1-2-8-12-13-11(14)9-15-10-6-4-3-5-7-10/h3-8H,2,9H2,1H3,(H,13,14)/b12-8+. The molecule has 4 nitrogen and oxygen atoms in total. The summed E-state index contributed by atoms with van der Waals surface area (Å²) in [7, 11) is 0. The second kappa shape index (κ2) is 6.59. The van der Waals surface area contributed by atoms with Gasteiger partial charge >= 0.3 is 0 Å². The molecular formula is C11H14N2O2. The van der Waals surface area contributed by atoms with Gasteiger partial charge in [-0.3, -0.25) is 4.79 Å². The van der Waals surface area contributed by atoms with Gasteiger partial charge in [-0.2, -0.15) is 5.10 Å². The molecule has 1 aromatic carbocycles. The number of hydrogen-bond acceptors (Lipinski definition) is 3. The quantitative estimate of drug-likeness (QED) is 0.587. The third-order valence-electron chi connectivity index (χ3n) is 1.58. The van der Waals surface area contributed by atoms with Gasteiger partial charge in [0.25, 0.3) is 5.91 Å². The van der Waals surface area contributed by atoms with Crippen LogP contribution in [0.15, 0.2) is 35.4 Å². The van der Waals surface area contributed by atoms with E-state index in [0.717, 1.165) is 6.42 Å². The molecule has 1 amide bonds. The van der Waals surface area contributed by atoms with Gasteiger partial charge in [0.1, 0.15) is 5.75 Å². The minimum atomic E-state index is -0.261. The Bertz CT molecular complexity index is 323. The predicted octanol–water partition coefficient (Wildman–Crippen LogP) is 1.58. The van der Waals surface area contributed by atoms with Gasteiger partial charge in [-0.1, -0.05) is 25.1 Å². The molecule has 0 radical (unpaired) electrons. The number of hydrazone groups is 1. The number of nitrogens with zero attached hydrogens (tertiary/aromatic N) is 1. The monoisotopic (exact) mass is 206 g/mol. The van der Waals surface area contributed by atoms with E-state index in [0.29, 0.717) is 5.75 Å². The van der Waals surface area contributed by atoms with Crippen molar-refractivity contribution < 1.29 is 9.53 Å². The fourth-order valence-electron chi connectivity index (χ4n) is 0.907. The molecule has 1 N–H and O–H groups in total. The number of hydrogen-bond donors (Lipinski definition) is 1. The number of ether oxygens (including phenoxy) is 1. The zero-order valence-corrected chi connectivity index (χ0v) is 8.64. The summed E-state index contributed by atoms with van der Waals surface area (Å²) in [4.78, 5) is 11.1. The molecule has 0 aromatic heterocycles. The number of amides is 1. The van der Waals surface area contributed by atoms with Crippen molar-refractivity contribution in [1.29, 1.82) is 0 Å². The van der Waals surface area contributed by atoms with Crippen molar-refractivity contribution in [2.75, 3.05) is 6.61 Å². The van der Waals surface area contributed by atoms with Crippen LogP contribution in [0, 0.1) is 0 Å². The Balaban J connectivity index is 2.26. The molecule has 0 aliphatic heterocycles. The molecule has 0 fully saturated rings. The fourth-order valence-corrected chi connectivity index (χ4v) is 0.907. The van der Waals surface area contributed by atoms with E-state index in [1.54, 1.807) is 18.3 Å². The third-order valence-corrected chi connectivity index (χ3v) is 1.58. The van der Waals surface area contributed by atoms with E-state index in [1.165, 1.54) is 0 Å². The van der Waals surface area contributed by atoms with E-state index >= 15 is 0 Å². The second-order valence-electron chi connectivity index (χ2n) is 2.86. The third kappa shape index (κ3) is 4.81. The van der Waals surface area contributed by atoms with Gasteiger partial charge in [-0.15, -0.1) is 0 Å². The maximum Gasteiger partial charge on any atom is 0.277 e. The lowest BCUT2D eigenvalue weighted by atomic mass is 10.3. The molecule has 4 heteroatoms. The van der Waals surface area contributed by atoms with Crippen LogP contribution >= 0.6 is 0 Å². The first kappa shape index (κ1) is 11.2. The second-order valence-corrected chi connectivity index (χ2v) is 2.86. The van der Waals surface area contributed by atoms with Crippen molar-refractivity contribution in [3.63, 3.8) is 0 Å². The van der Waals surface area contributed by atoms with Crippen LogP contribution in [0.5, 0.6) is 5.75 Å². The van der Waals surface area contributed by atoms with Crippen LogP contribution in [0.25, 0.3) is 0 Å². The van der Waals surface area contributed by atoms with Crippen molar-refractivity contribution in [2.45, 2.75) is 13.3 Å². The molecule has 0 saturated heterocycles. The lowest BCUT2D eigenvalue weighted by molar-refractivity contribution is -0.123. The summed E-state index contributed by atoms with van der Waals surface area (Å²) >= 11 is 0. The molecule has 0 spiro atoms. The van der Waals surface area contributed by atoms with Crippen LogP contribution in [0.2, 0.25) is 0 Å². The van der Waals surface area contributed by atoms with Crippen LogP contribution in [-0.4, -0.2) is 18.7 Å². The molecule has 0 aliphatic rings. The maximum absolute atomic E-state index is 11.1. The van der Waals surface area contributed by atoms with Crippen LogP contribution in [0.3, 0.4) is 0 Å². The van der Waals surface area contributed by atoms with Crippen LogP contribution in [0.4, 0.5) is 0 Å². The number of nitrogens with one attached hydrogen (secondary N) is 1. The molecule has 0 heterocycles. The molecule has 15 heavy (non-hydrogen) atoms. The number of carbonyl (C=O) groups excluding carboxylic acids is 1. The van der Waals surface area contributed by atoms with Crippen molar-refractivity contribution in [3.05, 3.63) is 30.3 Å². The zero-order chi connectivity index (χ0) is 10.9. The van der Waals surface area contributed by atoms with Gasteiger partial charge in [0.15, 0.2) is 6.61 Å². The van der Waals surface area contributed by atoms with Gasteiger partial charge in [-0.05, 0) is 18.6 Å². The Morgan fingerprint density at radius 1 is 1.47 bits per heavy atom. The first-order chi connectivity index (χ1) is 7.33. The average molecular weight is 206 g/mol. The van der Waals surface area contributed by atoms with E-state index in [-0.39, 0.29) is 12.5 Å². The summed E-state index contributed by atoms with van der Waals surface area (Å²) < 4.78 is 5.21. The van der Waals surface area contributed by atoms with E-state index in [2.05, 4.69) is 10.5 Å². The van der Waals surface area contributed by atoms with E-state index in [1.807, 2.05) is 25.1 Å². The average Bonchev–Trinajstić information content (AvgIpc) is 2.28. The first-order valence-corrected chi connectivity index (χ1v) is 4.81. The SMILES string of the molecule is CC/C=N/NC(=O)COc1ccccc1. The van der Waals surface area contributed by atoms with Gasteiger partial charge in [0, 0.05) is 6.21 Å². The summed E-state index contributed by atoms with van der Waals surface area (Å²) in [6, 6.07) is 9.18. The molecule has 0 aliphatic carbocycles. The van der Waals surface area contributed by atoms with Crippen molar-refractivity contribution in [3.8, 4) is 5.75 Å². The highest BCUT2D eigenvalue weighted by Crippen LogP contribution is 2.07. The Hall–Kier alpha value is -1.84. The van der Waals surface area contributed by atoms with Gasteiger partial charge in [-0.25, -0.2) is 5.43 Å². The minimum absolute atomic E-state index is 0.0228. The van der Waals surface area contributed by atoms with Crippen LogP contribution in [0.1, 0.15) is 13.3 Å². The molecule has 0 bridgehead atoms. The molecule has 80 valence electrons. The lowest BCUT2D eigenvalue weighted by Crippen LogP contribution is -2.24. The van der Waals surface area contributed by atoms with E-state index in [9.17, 15) is 4.79 Å². The van der Waals surface area contributed by atoms with Crippen molar-refractivity contribution >= 4 is 12.1 Å². The molecular weight excluding hydrogens is 192 g/mol. The Morgan fingerprint density at radius 3 is 2.87 bits per heavy atom. The summed E-state index contributed by atoms with van der Waals surface area (Å²) in [5.74, 6) is 0.413. The number of para-hydroxylation sites is 1. The van der Waals surface area contributed by atoms with Gasteiger partial charge in [0.2, 0.25) is 0 Å². The topological polar surface area (TPSA) is 50.7 Å². The highest BCUT2D eigenvalue weighted by atomic mass is 16.5. The molecule has 0 atom stereocenters. The molecule has 1 rings (SSSR count). The van der Waals surface area contributed by atoms with Gasteiger partial charge < -0.3 is 4.74 Å². The lowest BCUT2D eigenvalue weighted by Gasteiger charge is -2.03. The minimum Gasteiger partial charge on any atom is -0.484 e. The Labute approximate surface area is 88.9 Å². The van der Waals surface area contributed by atoms with E-state index in [4.69, 9.17) is 4.74 Å². The predicted molar refractivity (Wildman–Crippen MR) is 58.9 cm³/mol. The Kier molecular flexibility index (Phi) is 4.94. The maximum atomic E-state index is 11.1. The van der Waals surface area contributed by atoms with Crippen molar-refractivity contribution in [2.24, 2.45) is 5.10 Å². The molecule has 1 aromatic rings. The Morgan fingerprint density at radius 2 is 2.20 bits per heavy atom. The highest BCUT2D eigenvalue weighted by molar-refractivity contribution is 5.78. The van der Waals surface area contributed by atoms with Crippen LogP contribution in [-0.2, 0) is 4.79 Å². The smallest absolute Gasteiger partial charge is 0.277 e. The summed E-state index contributed by atoms with van der Waals surface area (Å²) in [6.07, 6.45) is 2.42. The van der Waals surface area contributed by atoms with Crippen molar-refractivity contribution in [1.82, 2.24) is 5.43 Å². The summed E-state index contributed by atoms with van der Waals surface area (Å²) in [5, 5.41) is 3.70.